The van der Waals surface area contributed by atoms with Crippen molar-refractivity contribution in [1.29, 1.82) is 0 Å². The minimum atomic E-state index is -0.168. The lowest BCUT2D eigenvalue weighted by Crippen LogP contribution is -2.53. The highest BCUT2D eigenvalue weighted by Crippen LogP contribution is 2.25. The van der Waals surface area contributed by atoms with Crippen LogP contribution in [0.15, 0.2) is 54.6 Å². The lowest BCUT2D eigenvalue weighted by atomic mass is 10.0. The van der Waals surface area contributed by atoms with Gasteiger partial charge in [-0.25, -0.2) is 10.9 Å². The minimum absolute atomic E-state index is 0.168. The molecule has 2 N–H and O–H groups in total. The number of carbonyl (C=O) groups is 1. The van der Waals surface area contributed by atoms with Gasteiger partial charge < -0.3 is 14.5 Å². The molecule has 0 saturated carbocycles. The van der Waals surface area contributed by atoms with Crippen LogP contribution in [-0.4, -0.2) is 50.1 Å². The van der Waals surface area contributed by atoms with Gasteiger partial charge in [0, 0.05) is 44.0 Å². The molecule has 0 bridgehead atoms. The molecule has 2 fully saturated rings. The van der Waals surface area contributed by atoms with Crippen molar-refractivity contribution in [2.24, 2.45) is 0 Å². The summed E-state index contributed by atoms with van der Waals surface area (Å²) in [5, 5.41) is 0. The Morgan fingerprint density at radius 3 is 2.52 bits per heavy atom. The first-order valence-corrected chi connectivity index (χ1v) is 9.48. The summed E-state index contributed by atoms with van der Waals surface area (Å²) in [5.74, 6) is 1.05. The molecule has 0 radical (unpaired) electrons. The number of anilines is 1. The van der Waals surface area contributed by atoms with Crippen LogP contribution in [0.4, 0.5) is 5.69 Å². The predicted molar refractivity (Wildman–Crippen MR) is 106 cm³/mol. The van der Waals surface area contributed by atoms with Gasteiger partial charge in [-0.15, -0.1) is 0 Å². The van der Waals surface area contributed by atoms with E-state index in [9.17, 15) is 4.79 Å². The third-order valence-electron chi connectivity index (χ3n) is 5.41. The number of rotatable bonds is 4. The maximum absolute atomic E-state index is 12.9. The molecule has 2 aromatic carbocycles. The molecule has 2 aromatic rings. The Bertz CT molecular complexity index is 775. The van der Waals surface area contributed by atoms with Gasteiger partial charge in [-0.05, 0) is 24.1 Å². The van der Waals surface area contributed by atoms with Crippen LogP contribution < -0.4 is 20.5 Å². The number of hydrogen-bond donors (Lipinski definition) is 2. The fourth-order valence-corrected chi connectivity index (χ4v) is 3.83. The van der Waals surface area contributed by atoms with Gasteiger partial charge in [0.2, 0.25) is 5.91 Å². The van der Waals surface area contributed by atoms with Crippen LogP contribution in [0.2, 0.25) is 0 Å². The van der Waals surface area contributed by atoms with Crippen LogP contribution in [0, 0.1) is 0 Å². The molecular formula is C21H26N4O2. The van der Waals surface area contributed by atoms with Crippen LogP contribution in [0.3, 0.4) is 0 Å². The lowest BCUT2D eigenvalue weighted by Gasteiger charge is -2.37. The van der Waals surface area contributed by atoms with E-state index in [1.54, 1.807) is 7.11 Å². The first kappa shape index (κ1) is 17.8. The second-order valence-electron chi connectivity index (χ2n) is 7.05. The first-order chi connectivity index (χ1) is 13.2. The Hall–Kier alpha value is -2.57. The molecule has 2 aliphatic rings. The standard InChI is InChI=1S/C21H26N4O2/c1-27-18-9-5-8-17(14-18)24-10-12-25(13-11-24)21(26)20-15-19(22-23-20)16-6-3-2-4-7-16/h2-9,14,19-20,22-23H,10-13,15H2,1H3. The summed E-state index contributed by atoms with van der Waals surface area (Å²) >= 11 is 0. The van der Waals surface area contributed by atoms with Crippen molar-refractivity contribution in [2.75, 3.05) is 38.2 Å². The number of amides is 1. The van der Waals surface area contributed by atoms with Crippen molar-refractivity contribution in [3.8, 4) is 5.75 Å². The van der Waals surface area contributed by atoms with E-state index >= 15 is 0 Å². The topological polar surface area (TPSA) is 56.8 Å². The summed E-state index contributed by atoms with van der Waals surface area (Å²) in [5.41, 5.74) is 8.81. The van der Waals surface area contributed by atoms with Gasteiger partial charge in [0.05, 0.1) is 7.11 Å². The second kappa shape index (κ2) is 7.98. The molecule has 4 rings (SSSR count). The van der Waals surface area contributed by atoms with Crippen LogP contribution >= 0.6 is 0 Å². The molecular weight excluding hydrogens is 340 g/mol. The number of nitrogens with one attached hydrogen (secondary N) is 2. The summed E-state index contributed by atoms with van der Waals surface area (Å²) in [4.78, 5) is 17.2. The molecule has 142 valence electrons. The molecule has 2 unspecified atom stereocenters. The van der Waals surface area contributed by atoms with Gasteiger partial charge in [-0.2, -0.15) is 0 Å². The summed E-state index contributed by atoms with van der Waals surface area (Å²) in [7, 11) is 1.68. The number of nitrogens with zero attached hydrogens (tertiary/aromatic N) is 2. The van der Waals surface area contributed by atoms with Crippen LogP contribution in [0.5, 0.6) is 5.75 Å². The lowest BCUT2D eigenvalue weighted by molar-refractivity contribution is -0.133. The van der Waals surface area contributed by atoms with E-state index in [2.05, 4.69) is 34.0 Å². The molecule has 0 spiro atoms. The van der Waals surface area contributed by atoms with Crippen molar-refractivity contribution in [3.05, 3.63) is 60.2 Å². The molecule has 2 heterocycles. The van der Waals surface area contributed by atoms with E-state index in [-0.39, 0.29) is 18.0 Å². The summed E-state index contributed by atoms with van der Waals surface area (Å²) in [6.45, 7) is 3.15. The molecule has 6 nitrogen and oxygen atoms in total. The van der Waals surface area contributed by atoms with Gasteiger partial charge in [0.1, 0.15) is 11.8 Å². The first-order valence-electron chi connectivity index (χ1n) is 9.48. The van der Waals surface area contributed by atoms with Crippen LogP contribution in [-0.2, 0) is 4.79 Å². The minimum Gasteiger partial charge on any atom is -0.497 e. The van der Waals surface area contributed by atoms with Gasteiger partial charge in [0.15, 0.2) is 0 Å². The fourth-order valence-electron chi connectivity index (χ4n) is 3.83. The van der Waals surface area contributed by atoms with Gasteiger partial charge in [-0.3, -0.25) is 4.79 Å². The Balaban J connectivity index is 1.32. The zero-order valence-electron chi connectivity index (χ0n) is 15.6. The van der Waals surface area contributed by atoms with Crippen molar-refractivity contribution in [2.45, 2.75) is 18.5 Å². The molecule has 2 saturated heterocycles. The third kappa shape index (κ3) is 3.91. The zero-order valence-corrected chi connectivity index (χ0v) is 15.6. The Morgan fingerprint density at radius 2 is 1.78 bits per heavy atom. The van der Waals surface area contributed by atoms with Gasteiger partial charge in [0.25, 0.3) is 0 Å². The number of hydrazine groups is 1. The maximum atomic E-state index is 12.9. The second-order valence-corrected chi connectivity index (χ2v) is 7.05. The van der Waals surface area contributed by atoms with Gasteiger partial charge >= 0.3 is 0 Å². The summed E-state index contributed by atoms with van der Waals surface area (Å²) in [6.07, 6.45) is 0.777. The zero-order chi connectivity index (χ0) is 18.6. The molecule has 2 aliphatic heterocycles. The quantitative estimate of drug-likeness (QED) is 0.866. The highest BCUT2D eigenvalue weighted by atomic mass is 16.5. The number of ether oxygens (including phenoxy) is 1. The molecule has 2 atom stereocenters. The maximum Gasteiger partial charge on any atom is 0.241 e. The Morgan fingerprint density at radius 1 is 1.00 bits per heavy atom. The average molecular weight is 366 g/mol. The molecule has 0 aliphatic carbocycles. The van der Waals surface area contributed by atoms with E-state index in [0.717, 1.165) is 44.0 Å². The molecule has 1 amide bonds. The number of carbonyl (C=O) groups excluding carboxylic acids is 1. The summed E-state index contributed by atoms with van der Waals surface area (Å²) in [6, 6.07) is 18.4. The van der Waals surface area contributed by atoms with Gasteiger partial charge in [-0.1, -0.05) is 36.4 Å². The van der Waals surface area contributed by atoms with Crippen LogP contribution in [0.1, 0.15) is 18.0 Å². The van der Waals surface area contributed by atoms with Crippen molar-refractivity contribution in [1.82, 2.24) is 15.8 Å². The largest absolute Gasteiger partial charge is 0.497 e. The van der Waals surface area contributed by atoms with E-state index in [1.807, 2.05) is 41.3 Å². The number of methoxy groups -OCH3 is 1. The van der Waals surface area contributed by atoms with E-state index in [4.69, 9.17) is 4.74 Å². The van der Waals surface area contributed by atoms with E-state index < -0.39 is 0 Å². The van der Waals surface area contributed by atoms with Crippen LogP contribution in [0.25, 0.3) is 0 Å². The third-order valence-corrected chi connectivity index (χ3v) is 5.41. The monoisotopic (exact) mass is 366 g/mol. The van der Waals surface area contributed by atoms with E-state index in [1.165, 1.54) is 5.56 Å². The average Bonchev–Trinajstić information content (AvgIpc) is 3.24. The van der Waals surface area contributed by atoms with Crippen molar-refractivity contribution < 1.29 is 9.53 Å². The molecule has 0 aromatic heterocycles. The van der Waals surface area contributed by atoms with E-state index in [0.29, 0.717) is 0 Å². The fraction of sp³-hybridized carbons (Fsp3) is 0.381. The SMILES string of the molecule is COc1cccc(N2CCN(C(=O)C3CC(c4ccccc4)NN3)CC2)c1. The Labute approximate surface area is 160 Å². The highest BCUT2D eigenvalue weighted by Gasteiger charge is 2.34. The number of benzene rings is 2. The highest BCUT2D eigenvalue weighted by molar-refractivity contribution is 5.82. The number of piperazine rings is 1. The van der Waals surface area contributed by atoms with Crippen molar-refractivity contribution >= 4 is 11.6 Å². The summed E-state index contributed by atoms with van der Waals surface area (Å²) < 4.78 is 5.31. The number of hydrogen-bond acceptors (Lipinski definition) is 5. The normalized spacial score (nSPS) is 22.7. The Kier molecular flexibility index (Phi) is 5.27. The smallest absolute Gasteiger partial charge is 0.241 e. The predicted octanol–water partition coefficient (Wildman–Crippen LogP) is 1.95. The van der Waals surface area contributed by atoms with Crippen molar-refractivity contribution in [3.63, 3.8) is 0 Å². The molecule has 6 heteroatoms. The molecule has 27 heavy (non-hydrogen) atoms.